The summed E-state index contributed by atoms with van der Waals surface area (Å²) in [5.41, 5.74) is 2.76. The normalized spacial score (nSPS) is 11.9. The second kappa shape index (κ2) is 5.62. The van der Waals surface area contributed by atoms with E-state index in [1.165, 1.54) is 4.68 Å². The number of hydrogen-bond donors (Lipinski definition) is 2. The molecule has 1 heterocycles. The van der Waals surface area contributed by atoms with Crippen LogP contribution in [0.1, 0.15) is 17.0 Å². The first kappa shape index (κ1) is 14.9. The molecule has 0 saturated heterocycles. The van der Waals surface area contributed by atoms with E-state index < -0.39 is 10.9 Å². The Kier molecular flexibility index (Phi) is 3.63. The maximum Gasteiger partial charge on any atom is 0.256 e. The number of rotatable bonds is 3. The average molecular weight is 310 g/mol. The van der Waals surface area contributed by atoms with E-state index >= 15 is 0 Å². The summed E-state index contributed by atoms with van der Waals surface area (Å²) in [6.07, 6.45) is 0. The number of hydrogen-bond acceptors (Lipinski definition) is 5. The molecule has 0 aliphatic rings. The Morgan fingerprint density at radius 1 is 1.17 bits per heavy atom. The molecule has 0 unspecified atom stereocenters. The highest BCUT2D eigenvalue weighted by atomic mass is 16.5. The third-order valence-electron chi connectivity index (χ3n) is 3.46. The SMILES string of the molecule is Cc1cc(C)n(-c2c(N=C(NO)c3ccccc3)c(=O)c2=O)n1. The lowest BCUT2D eigenvalue weighted by Crippen LogP contribution is -2.36. The van der Waals surface area contributed by atoms with Crippen molar-refractivity contribution in [2.75, 3.05) is 0 Å². The molecule has 2 aromatic carbocycles. The second-order valence-electron chi connectivity index (χ2n) is 5.13. The minimum atomic E-state index is -0.698. The standard InChI is InChI=1S/C16H14N4O3/c1-9-8-10(2)20(18-9)13-12(14(21)15(13)22)17-16(19-23)11-6-4-3-5-7-11/h3-8,23H,1-2H3,(H,17,19). The van der Waals surface area contributed by atoms with Gasteiger partial charge in [-0.25, -0.2) is 9.67 Å². The van der Waals surface area contributed by atoms with Gasteiger partial charge in [0.15, 0.2) is 5.84 Å². The van der Waals surface area contributed by atoms with Gasteiger partial charge in [-0.05, 0) is 19.9 Å². The number of benzene rings is 1. The van der Waals surface area contributed by atoms with Crippen molar-refractivity contribution in [3.05, 3.63) is 73.8 Å². The van der Waals surface area contributed by atoms with Gasteiger partial charge < -0.3 is 0 Å². The molecule has 3 aromatic rings. The van der Waals surface area contributed by atoms with Gasteiger partial charge in [0.25, 0.3) is 10.9 Å². The zero-order valence-electron chi connectivity index (χ0n) is 12.6. The fraction of sp³-hybridized carbons (Fsp3) is 0.125. The summed E-state index contributed by atoms with van der Waals surface area (Å²) in [5, 5.41) is 13.5. The van der Waals surface area contributed by atoms with E-state index in [1.807, 2.05) is 11.5 Å². The van der Waals surface area contributed by atoms with Gasteiger partial charge >= 0.3 is 0 Å². The summed E-state index contributed by atoms with van der Waals surface area (Å²) < 4.78 is 1.40. The van der Waals surface area contributed by atoms with Crippen molar-refractivity contribution in [1.82, 2.24) is 15.3 Å². The van der Waals surface area contributed by atoms with Crippen LogP contribution in [0.15, 0.2) is 51.0 Å². The van der Waals surface area contributed by atoms with Gasteiger partial charge in [-0.1, -0.05) is 30.3 Å². The van der Waals surface area contributed by atoms with Crippen molar-refractivity contribution in [3.8, 4) is 5.69 Å². The lowest BCUT2D eigenvalue weighted by molar-refractivity contribution is 0.235. The molecule has 2 N–H and O–H groups in total. The van der Waals surface area contributed by atoms with Crippen LogP contribution in [0, 0.1) is 13.8 Å². The van der Waals surface area contributed by atoms with Gasteiger partial charge in [0.1, 0.15) is 11.4 Å². The molecule has 0 amide bonds. The maximum absolute atomic E-state index is 11.9. The number of nitrogens with zero attached hydrogens (tertiary/aromatic N) is 3. The van der Waals surface area contributed by atoms with Crippen molar-refractivity contribution < 1.29 is 5.21 Å². The molecule has 0 aliphatic carbocycles. The highest BCUT2D eigenvalue weighted by molar-refractivity contribution is 6.00. The number of aryl methyl sites for hydroxylation is 2. The highest BCUT2D eigenvalue weighted by Gasteiger charge is 2.25. The zero-order valence-corrected chi connectivity index (χ0v) is 12.6. The number of amidine groups is 1. The molecule has 0 bridgehead atoms. The van der Waals surface area contributed by atoms with E-state index in [2.05, 4.69) is 10.1 Å². The van der Waals surface area contributed by atoms with Crippen LogP contribution in [-0.2, 0) is 0 Å². The fourth-order valence-corrected chi connectivity index (χ4v) is 2.39. The van der Waals surface area contributed by atoms with Gasteiger partial charge in [0, 0.05) is 11.3 Å². The summed E-state index contributed by atoms with van der Waals surface area (Å²) in [4.78, 5) is 27.9. The molecule has 7 nitrogen and oxygen atoms in total. The predicted molar refractivity (Wildman–Crippen MR) is 85.5 cm³/mol. The summed E-state index contributed by atoms with van der Waals surface area (Å²) >= 11 is 0. The summed E-state index contributed by atoms with van der Waals surface area (Å²) in [7, 11) is 0. The van der Waals surface area contributed by atoms with Crippen LogP contribution >= 0.6 is 0 Å². The largest absolute Gasteiger partial charge is 0.290 e. The Hall–Kier alpha value is -3.06. The summed E-state index contributed by atoms with van der Waals surface area (Å²) in [5.74, 6) is 0.0838. The maximum atomic E-state index is 11.9. The van der Waals surface area contributed by atoms with Crippen LogP contribution in [0.3, 0.4) is 0 Å². The van der Waals surface area contributed by atoms with Crippen LogP contribution in [0.25, 0.3) is 5.69 Å². The summed E-state index contributed by atoms with van der Waals surface area (Å²) in [6.45, 7) is 3.58. The number of hydroxylamine groups is 1. The topological polar surface area (TPSA) is 96.6 Å². The monoisotopic (exact) mass is 310 g/mol. The van der Waals surface area contributed by atoms with Crippen molar-refractivity contribution in [2.45, 2.75) is 13.8 Å². The molecule has 0 fully saturated rings. The molecule has 1 aromatic heterocycles. The Labute approximate surface area is 131 Å². The van der Waals surface area contributed by atoms with Crippen molar-refractivity contribution >= 4 is 11.5 Å². The Morgan fingerprint density at radius 3 is 2.43 bits per heavy atom. The molecule has 7 heteroatoms. The predicted octanol–water partition coefficient (Wildman–Crippen LogP) is 1.14. The average Bonchev–Trinajstić information content (AvgIpc) is 2.89. The van der Waals surface area contributed by atoms with Gasteiger partial charge in [-0.2, -0.15) is 5.10 Å². The van der Waals surface area contributed by atoms with Crippen LogP contribution in [-0.4, -0.2) is 20.8 Å². The minimum absolute atomic E-state index is 0.0263. The van der Waals surface area contributed by atoms with E-state index in [1.54, 1.807) is 44.2 Å². The molecule has 0 radical (unpaired) electrons. The molecule has 23 heavy (non-hydrogen) atoms. The molecule has 0 atom stereocenters. The first-order valence-electron chi connectivity index (χ1n) is 6.94. The lowest BCUT2D eigenvalue weighted by atomic mass is 10.1. The molecule has 116 valence electrons. The first-order valence-corrected chi connectivity index (χ1v) is 6.94. The quantitative estimate of drug-likeness (QED) is 0.327. The second-order valence-corrected chi connectivity index (χ2v) is 5.13. The number of nitrogens with one attached hydrogen (secondary N) is 1. The first-order chi connectivity index (χ1) is 11.0. The third-order valence-corrected chi connectivity index (χ3v) is 3.46. The molecular weight excluding hydrogens is 296 g/mol. The van der Waals surface area contributed by atoms with Crippen LogP contribution in [0.5, 0.6) is 0 Å². The van der Waals surface area contributed by atoms with E-state index in [0.717, 1.165) is 11.4 Å². The van der Waals surface area contributed by atoms with E-state index in [9.17, 15) is 14.8 Å². The molecule has 3 rings (SSSR count). The van der Waals surface area contributed by atoms with Crippen LogP contribution < -0.4 is 16.3 Å². The van der Waals surface area contributed by atoms with E-state index in [-0.39, 0.29) is 17.2 Å². The molecule has 0 saturated carbocycles. The Balaban J connectivity index is 2.13. The van der Waals surface area contributed by atoms with Crippen molar-refractivity contribution in [3.63, 3.8) is 0 Å². The molecular formula is C16H14N4O3. The number of aliphatic imine (C=N–C) groups is 1. The van der Waals surface area contributed by atoms with Crippen molar-refractivity contribution in [2.24, 2.45) is 4.99 Å². The van der Waals surface area contributed by atoms with Crippen molar-refractivity contribution in [1.29, 1.82) is 0 Å². The molecule has 0 spiro atoms. The highest BCUT2D eigenvalue weighted by Crippen LogP contribution is 2.20. The zero-order chi connectivity index (χ0) is 16.6. The van der Waals surface area contributed by atoms with Gasteiger partial charge in [0.05, 0.1) is 5.69 Å². The fourth-order valence-electron chi connectivity index (χ4n) is 2.39. The van der Waals surface area contributed by atoms with E-state index in [0.29, 0.717) is 5.56 Å². The van der Waals surface area contributed by atoms with Gasteiger partial charge in [0.2, 0.25) is 0 Å². The van der Waals surface area contributed by atoms with E-state index in [4.69, 9.17) is 0 Å². The number of aromatic nitrogens is 2. The van der Waals surface area contributed by atoms with Crippen LogP contribution in [0.2, 0.25) is 0 Å². The van der Waals surface area contributed by atoms with Gasteiger partial charge in [-0.15, -0.1) is 0 Å². The molecule has 0 aliphatic heterocycles. The smallest absolute Gasteiger partial charge is 0.256 e. The van der Waals surface area contributed by atoms with Crippen LogP contribution in [0.4, 0.5) is 5.69 Å². The Morgan fingerprint density at radius 2 is 1.87 bits per heavy atom. The third kappa shape index (κ3) is 2.47. The lowest BCUT2D eigenvalue weighted by Gasteiger charge is -2.11. The van der Waals surface area contributed by atoms with Gasteiger partial charge in [-0.3, -0.25) is 20.3 Å². The minimum Gasteiger partial charge on any atom is -0.290 e. The summed E-state index contributed by atoms with van der Waals surface area (Å²) in [6, 6.07) is 10.6. The Bertz CT molecular complexity index is 963.